The van der Waals surface area contributed by atoms with E-state index in [1.54, 1.807) is 0 Å². The summed E-state index contributed by atoms with van der Waals surface area (Å²) in [5.74, 6) is 0.195. The van der Waals surface area contributed by atoms with E-state index >= 15 is 0 Å². The summed E-state index contributed by atoms with van der Waals surface area (Å²) in [5, 5.41) is 3.59. The summed E-state index contributed by atoms with van der Waals surface area (Å²) in [6.07, 6.45) is 8.15. The van der Waals surface area contributed by atoms with Crippen molar-refractivity contribution in [3.05, 3.63) is 0 Å². The van der Waals surface area contributed by atoms with Crippen LogP contribution in [0.15, 0.2) is 0 Å². The van der Waals surface area contributed by atoms with E-state index in [-0.39, 0.29) is 5.91 Å². The predicted octanol–water partition coefficient (Wildman–Crippen LogP) is 2.15. The van der Waals surface area contributed by atoms with Crippen molar-refractivity contribution in [3.8, 4) is 0 Å². The van der Waals surface area contributed by atoms with Gasteiger partial charge in [0.1, 0.15) is 0 Å². The normalized spacial score (nSPS) is 12.4. The van der Waals surface area contributed by atoms with Crippen LogP contribution in [0, 0.1) is 0 Å². The van der Waals surface area contributed by atoms with Gasteiger partial charge < -0.3 is 11.1 Å². The second kappa shape index (κ2) is 11.3. The van der Waals surface area contributed by atoms with Crippen LogP contribution in [-0.4, -0.2) is 30.5 Å². The zero-order valence-corrected chi connectivity index (χ0v) is 11.4. The predicted molar refractivity (Wildman–Crippen MR) is 72.7 cm³/mol. The molecule has 0 aromatic heterocycles. The molecule has 0 heterocycles. The number of nitrogens with two attached hydrogens (primary N) is 1. The Hall–Kier alpha value is -0.220. The maximum atomic E-state index is 11.4. The first-order valence-electron chi connectivity index (χ1n) is 6.20. The number of carbonyl (C=O) groups is 1. The molecule has 96 valence electrons. The molecule has 0 aliphatic heterocycles. The molecule has 0 radical (unpaired) electrons. The van der Waals surface area contributed by atoms with E-state index in [2.05, 4.69) is 18.5 Å². The van der Waals surface area contributed by atoms with Crippen LogP contribution in [0.3, 0.4) is 0 Å². The van der Waals surface area contributed by atoms with Crippen LogP contribution >= 0.6 is 11.8 Å². The van der Waals surface area contributed by atoms with Crippen molar-refractivity contribution in [2.75, 3.05) is 19.3 Å². The summed E-state index contributed by atoms with van der Waals surface area (Å²) < 4.78 is 0. The zero-order chi connectivity index (χ0) is 12.2. The topological polar surface area (TPSA) is 55.1 Å². The molecule has 0 aromatic rings. The summed E-state index contributed by atoms with van der Waals surface area (Å²) >= 11 is 1.84. The quantitative estimate of drug-likeness (QED) is 0.581. The highest BCUT2D eigenvalue weighted by atomic mass is 32.2. The van der Waals surface area contributed by atoms with E-state index < -0.39 is 0 Å². The van der Waals surface area contributed by atoms with Gasteiger partial charge >= 0.3 is 0 Å². The standard InChI is InChI=1S/C12H26N2OS/c1-11(16-2)8-10-14-12(15)7-5-3-4-6-9-13/h11H,3-10,13H2,1-2H3,(H,14,15). The molecule has 16 heavy (non-hydrogen) atoms. The average Bonchev–Trinajstić information content (AvgIpc) is 2.28. The van der Waals surface area contributed by atoms with Gasteiger partial charge in [-0.1, -0.05) is 19.8 Å². The van der Waals surface area contributed by atoms with Gasteiger partial charge in [-0.05, 0) is 32.1 Å². The van der Waals surface area contributed by atoms with Gasteiger partial charge in [-0.25, -0.2) is 0 Å². The Morgan fingerprint density at radius 3 is 2.62 bits per heavy atom. The van der Waals surface area contributed by atoms with E-state index in [1.807, 2.05) is 11.8 Å². The molecule has 0 saturated heterocycles. The smallest absolute Gasteiger partial charge is 0.219 e. The van der Waals surface area contributed by atoms with E-state index in [1.165, 1.54) is 0 Å². The van der Waals surface area contributed by atoms with Gasteiger partial charge in [0.15, 0.2) is 0 Å². The Kier molecular flexibility index (Phi) is 11.1. The highest BCUT2D eigenvalue weighted by Crippen LogP contribution is 2.08. The minimum atomic E-state index is 0.195. The maximum Gasteiger partial charge on any atom is 0.219 e. The van der Waals surface area contributed by atoms with Crippen LogP contribution < -0.4 is 11.1 Å². The molecule has 0 fully saturated rings. The summed E-state index contributed by atoms with van der Waals surface area (Å²) in [7, 11) is 0. The first kappa shape index (κ1) is 15.8. The lowest BCUT2D eigenvalue weighted by molar-refractivity contribution is -0.121. The third kappa shape index (κ3) is 10.3. The molecule has 0 aliphatic rings. The Balaban J connectivity index is 3.24. The SMILES string of the molecule is CSC(C)CCNC(=O)CCCCCCN. The summed E-state index contributed by atoms with van der Waals surface area (Å²) in [6, 6.07) is 0. The second-order valence-corrected chi connectivity index (χ2v) is 5.41. The number of unbranched alkanes of at least 4 members (excludes halogenated alkanes) is 3. The fraction of sp³-hybridized carbons (Fsp3) is 0.917. The minimum absolute atomic E-state index is 0.195. The molecule has 3 N–H and O–H groups in total. The van der Waals surface area contributed by atoms with Crippen molar-refractivity contribution >= 4 is 17.7 Å². The monoisotopic (exact) mass is 246 g/mol. The minimum Gasteiger partial charge on any atom is -0.356 e. The molecule has 3 nitrogen and oxygen atoms in total. The van der Waals surface area contributed by atoms with Crippen LogP contribution in [-0.2, 0) is 4.79 Å². The summed E-state index contributed by atoms with van der Waals surface area (Å²) in [5.41, 5.74) is 5.40. The zero-order valence-electron chi connectivity index (χ0n) is 10.6. The Morgan fingerprint density at radius 2 is 2.00 bits per heavy atom. The fourth-order valence-corrected chi connectivity index (χ4v) is 1.76. The number of carbonyl (C=O) groups excluding carboxylic acids is 1. The maximum absolute atomic E-state index is 11.4. The first-order valence-corrected chi connectivity index (χ1v) is 7.49. The van der Waals surface area contributed by atoms with Crippen LogP contribution in [0.2, 0.25) is 0 Å². The molecule has 0 rings (SSSR count). The van der Waals surface area contributed by atoms with Crippen LogP contribution in [0.1, 0.15) is 45.4 Å². The van der Waals surface area contributed by atoms with E-state index in [9.17, 15) is 4.79 Å². The largest absolute Gasteiger partial charge is 0.356 e. The van der Waals surface area contributed by atoms with E-state index in [0.29, 0.717) is 11.7 Å². The molecular formula is C12H26N2OS. The Labute approximate surface area is 104 Å². The fourth-order valence-electron chi connectivity index (χ4n) is 1.40. The lowest BCUT2D eigenvalue weighted by atomic mass is 10.1. The summed E-state index contributed by atoms with van der Waals surface area (Å²) in [4.78, 5) is 11.4. The average molecular weight is 246 g/mol. The van der Waals surface area contributed by atoms with Crippen molar-refractivity contribution < 1.29 is 4.79 Å². The molecule has 0 bridgehead atoms. The number of rotatable bonds is 10. The molecule has 4 heteroatoms. The van der Waals surface area contributed by atoms with Gasteiger partial charge in [0, 0.05) is 18.2 Å². The van der Waals surface area contributed by atoms with Crippen LogP contribution in [0.5, 0.6) is 0 Å². The molecule has 0 saturated carbocycles. The van der Waals surface area contributed by atoms with Crippen LogP contribution in [0.25, 0.3) is 0 Å². The molecular weight excluding hydrogens is 220 g/mol. The molecule has 1 unspecified atom stereocenters. The molecule has 0 aliphatic carbocycles. The highest BCUT2D eigenvalue weighted by Gasteiger charge is 2.02. The van der Waals surface area contributed by atoms with Gasteiger partial charge in [-0.15, -0.1) is 0 Å². The third-order valence-electron chi connectivity index (χ3n) is 2.63. The first-order chi connectivity index (χ1) is 7.70. The van der Waals surface area contributed by atoms with E-state index in [4.69, 9.17) is 5.73 Å². The van der Waals surface area contributed by atoms with Gasteiger partial charge in [0.05, 0.1) is 0 Å². The molecule has 1 atom stereocenters. The molecule has 0 aromatic carbocycles. The third-order valence-corrected chi connectivity index (χ3v) is 3.67. The number of hydrogen-bond acceptors (Lipinski definition) is 3. The van der Waals surface area contributed by atoms with Gasteiger partial charge in [-0.2, -0.15) is 11.8 Å². The number of amides is 1. The van der Waals surface area contributed by atoms with Crippen molar-refractivity contribution in [1.82, 2.24) is 5.32 Å². The number of thioether (sulfide) groups is 1. The highest BCUT2D eigenvalue weighted by molar-refractivity contribution is 7.99. The lowest BCUT2D eigenvalue weighted by Gasteiger charge is -2.09. The molecule has 0 spiro atoms. The second-order valence-electron chi connectivity index (χ2n) is 4.14. The lowest BCUT2D eigenvalue weighted by Crippen LogP contribution is -2.25. The van der Waals surface area contributed by atoms with Gasteiger partial charge in [0.25, 0.3) is 0 Å². The van der Waals surface area contributed by atoms with Crippen molar-refractivity contribution in [3.63, 3.8) is 0 Å². The van der Waals surface area contributed by atoms with Crippen molar-refractivity contribution in [1.29, 1.82) is 0 Å². The Bertz CT molecular complexity index is 176. The van der Waals surface area contributed by atoms with Crippen LogP contribution in [0.4, 0.5) is 0 Å². The van der Waals surface area contributed by atoms with Gasteiger partial charge in [0.2, 0.25) is 5.91 Å². The Morgan fingerprint density at radius 1 is 1.31 bits per heavy atom. The van der Waals surface area contributed by atoms with E-state index in [0.717, 1.165) is 45.2 Å². The molecule has 1 amide bonds. The summed E-state index contributed by atoms with van der Waals surface area (Å²) in [6.45, 7) is 3.76. The van der Waals surface area contributed by atoms with Crippen molar-refractivity contribution in [2.45, 2.75) is 50.7 Å². The van der Waals surface area contributed by atoms with Gasteiger partial charge in [-0.3, -0.25) is 4.79 Å². The van der Waals surface area contributed by atoms with Crippen molar-refractivity contribution in [2.24, 2.45) is 5.73 Å². The number of hydrogen-bond donors (Lipinski definition) is 2. The number of nitrogens with one attached hydrogen (secondary N) is 1.